The minimum absolute atomic E-state index is 0.161. The summed E-state index contributed by atoms with van der Waals surface area (Å²) in [6, 6.07) is 10.5. The lowest BCUT2D eigenvalue weighted by molar-refractivity contribution is 0.103. The van der Waals surface area contributed by atoms with Crippen LogP contribution in [0.1, 0.15) is 35.5 Å². The maximum atomic E-state index is 12.5. The molecule has 0 fully saturated rings. The fourth-order valence-corrected chi connectivity index (χ4v) is 2.79. The van der Waals surface area contributed by atoms with E-state index in [1.54, 1.807) is 30.3 Å². The Morgan fingerprint density at radius 3 is 2.50 bits per heavy atom. The summed E-state index contributed by atoms with van der Waals surface area (Å²) in [4.78, 5) is 29.5. The number of fused-ring (bicyclic) bond motifs is 1. The lowest BCUT2D eigenvalue weighted by Gasteiger charge is -2.17. The monoisotopic (exact) mass is 296 g/mol. The smallest absolute Gasteiger partial charge is 0.411 e. The van der Waals surface area contributed by atoms with Crippen LogP contribution in [0.5, 0.6) is 0 Å². The maximum Gasteiger partial charge on any atom is 0.411 e. The molecule has 1 N–H and O–H groups in total. The van der Waals surface area contributed by atoms with Crippen LogP contribution in [0.2, 0.25) is 0 Å². The predicted octanol–water partition coefficient (Wildman–Crippen LogP) is 3.09. The van der Waals surface area contributed by atoms with E-state index < -0.39 is 6.09 Å². The van der Waals surface area contributed by atoms with Gasteiger partial charge in [-0.1, -0.05) is 44.2 Å². The van der Waals surface area contributed by atoms with E-state index in [4.69, 9.17) is 0 Å². The summed E-state index contributed by atoms with van der Waals surface area (Å²) in [7, 11) is 0. The van der Waals surface area contributed by atoms with Crippen molar-refractivity contribution < 1.29 is 14.7 Å². The SMILES string of the molecule is CC1(C)CN(C(=O)O)c2cc(C(=O)c3ccccc3)cnc21. The molecule has 112 valence electrons. The van der Waals surface area contributed by atoms with Crippen molar-refractivity contribution in [3.8, 4) is 0 Å². The summed E-state index contributed by atoms with van der Waals surface area (Å²) in [6.45, 7) is 4.23. The highest BCUT2D eigenvalue weighted by Crippen LogP contribution is 2.39. The molecule has 1 aromatic heterocycles. The van der Waals surface area contributed by atoms with Gasteiger partial charge in [-0.15, -0.1) is 0 Å². The first-order valence-corrected chi connectivity index (χ1v) is 7.01. The molecule has 0 saturated heterocycles. The predicted molar refractivity (Wildman–Crippen MR) is 82.5 cm³/mol. The Labute approximate surface area is 128 Å². The molecule has 5 heteroatoms. The van der Waals surface area contributed by atoms with E-state index in [9.17, 15) is 14.7 Å². The number of benzene rings is 1. The molecule has 0 atom stereocenters. The van der Waals surface area contributed by atoms with Gasteiger partial charge in [-0.25, -0.2) is 4.79 Å². The molecule has 0 spiro atoms. The molecule has 3 rings (SSSR count). The first kappa shape index (κ1) is 14.3. The van der Waals surface area contributed by atoms with E-state index in [2.05, 4.69) is 4.98 Å². The number of nitrogens with zero attached hydrogens (tertiary/aromatic N) is 2. The molecule has 5 nitrogen and oxygen atoms in total. The lowest BCUT2D eigenvalue weighted by atomic mass is 9.91. The molecule has 1 aliphatic heterocycles. The van der Waals surface area contributed by atoms with Gasteiger partial charge in [-0.3, -0.25) is 14.7 Å². The number of pyridine rings is 1. The van der Waals surface area contributed by atoms with Gasteiger partial charge in [0.15, 0.2) is 5.78 Å². The summed E-state index contributed by atoms with van der Waals surface area (Å²) in [5, 5.41) is 9.35. The molecule has 2 aromatic rings. The van der Waals surface area contributed by atoms with Crippen LogP contribution in [0.4, 0.5) is 10.5 Å². The molecule has 0 bridgehead atoms. The minimum Gasteiger partial charge on any atom is -0.465 e. The highest BCUT2D eigenvalue weighted by molar-refractivity contribution is 6.09. The molecule has 1 aromatic carbocycles. The topological polar surface area (TPSA) is 70.5 Å². The van der Waals surface area contributed by atoms with Crippen LogP contribution in [-0.2, 0) is 5.41 Å². The summed E-state index contributed by atoms with van der Waals surface area (Å²) in [6.07, 6.45) is 0.499. The first-order chi connectivity index (χ1) is 10.4. The summed E-state index contributed by atoms with van der Waals surface area (Å²) in [5.41, 5.74) is 1.80. The fraction of sp³-hybridized carbons (Fsp3) is 0.235. The largest absolute Gasteiger partial charge is 0.465 e. The van der Waals surface area contributed by atoms with Gasteiger partial charge in [-0.05, 0) is 6.07 Å². The van der Waals surface area contributed by atoms with Gasteiger partial charge < -0.3 is 5.11 Å². The number of carboxylic acid groups (broad SMARTS) is 1. The zero-order chi connectivity index (χ0) is 15.9. The van der Waals surface area contributed by atoms with E-state index in [1.165, 1.54) is 11.1 Å². The van der Waals surface area contributed by atoms with Gasteiger partial charge in [0.05, 0.1) is 11.4 Å². The standard InChI is InChI=1S/C17H16N2O3/c1-17(2)10-19(16(21)22)13-8-12(9-18-15(13)17)14(20)11-6-4-3-5-7-11/h3-9H,10H2,1-2H3,(H,21,22). The Kier molecular flexibility index (Phi) is 3.20. The lowest BCUT2D eigenvalue weighted by Crippen LogP contribution is -2.32. The fourth-order valence-electron chi connectivity index (χ4n) is 2.79. The van der Waals surface area contributed by atoms with Crippen molar-refractivity contribution in [2.75, 3.05) is 11.4 Å². The van der Waals surface area contributed by atoms with Crippen molar-refractivity contribution in [1.82, 2.24) is 4.98 Å². The van der Waals surface area contributed by atoms with E-state index in [0.717, 1.165) is 0 Å². The van der Waals surface area contributed by atoms with Gasteiger partial charge in [0.25, 0.3) is 0 Å². The normalized spacial score (nSPS) is 15.5. The zero-order valence-corrected chi connectivity index (χ0v) is 12.4. The highest BCUT2D eigenvalue weighted by atomic mass is 16.4. The van der Waals surface area contributed by atoms with Crippen LogP contribution in [0.25, 0.3) is 0 Å². The number of hydrogen-bond donors (Lipinski definition) is 1. The third kappa shape index (κ3) is 2.24. The van der Waals surface area contributed by atoms with Gasteiger partial charge in [0.2, 0.25) is 0 Å². The van der Waals surface area contributed by atoms with E-state index in [0.29, 0.717) is 29.1 Å². The number of carbonyl (C=O) groups is 2. The summed E-state index contributed by atoms with van der Waals surface area (Å²) >= 11 is 0. The van der Waals surface area contributed by atoms with Crippen LogP contribution in [0.15, 0.2) is 42.6 Å². The van der Waals surface area contributed by atoms with Crippen LogP contribution in [-0.4, -0.2) is 28.5 Å². The number of aromatic nitrogens is 1. The quantitative estimate of drug-likeness (QED) is 0.864. The van der Waals surface area contributed by atoms with Crippen molar-refractivity contribution in [2.45, 2.75) is 19.3 Å². The van der Waals surface area contributed by atoms with Crippen LogP contribution >= 0.6 is 0 Å². The number of carbonyl (C=O) groups excluding carboxylic acids is 1. The summed E-state index contributed by atoms with van der Waals surface area (Å²) < 4.78 is 0. The van der Waals surface area contributed by atoms with Crippen molar-refractivity contribution in [2.24, 2.45) is 0 Å². The zero-order valence-electron chi connectivity index (χ0n) is 12.4. The highest BCUT2D eigenvalue weighted by Gasteiger charge is 2.39. The first-order valence-electron chi connectivity index (χ1n) is 7.01. The second-order valence-electron chi connectivity index (χ2n) is 6.04. The molecule has 2 heterocycles. The van der Waals surface area contributed by atoms with Crippen LogP contribution in [0.3, 0.4) is 0 Å². The molecule has 0 unspecified atom stereocenters. The third-order valence-corrected chi connectivity index (χ3v) is 3.88. The Morgan fingerprint density at radius 2 is 1.86 bits per heavy atom. The average Bonchev–Trinajstić information content (AvgIpc) is 2.79. The van der Waals surface area contributed by atoms with Crippen LogP contribution in [0, 0.1) is 0 Å². The average molecular weight is 296 g/mol. The van der Waals surface area contributed by atoms with Gasteiger partial charge in [0, 0.05) is 29.3 Å². The summed E-state index contributed by atoms with van der Waals surface area (Å²) in [5.74, 6) is -0.161. The van der Waals surface area contributed by atoms with E-state index in [1.807, 2.05) is 19.9 Å². The second kappa shape index (κ2) is 4.94. The van der Waals surface area contributed by atoms with Crippen molar-refractivity contribution in [3.63, 3.8) is 0 Å². The molecular formula is C17H16N2O3. The van der Waals surface area contributed by atoms with Gasteiger partial charge in [0.1, 0.15) is 0 Å². The van der Waals surface area contributed by atoms with E-state index in [-0.39, 0.29) is 11.2 Å². The Bertz CT molecular complexity index is 754. The maximum absolute atomic E-state index is 12.5. The number of rotatable bonds is 2. The van der Waals surface area contributed by atoms with Crippen LogP contribution < -0.4 is 4.90 Å². The Balaban J connectivity index is 2.06. The number of hydrogen-bond acceptors (Lipinski definition) is 3. The van der Waals surface area contributed by atoms with Crippen molar-refractivity contribution in [1.29, 1.82) is 0 Å². The number of amides is 1. The minimum atomic E-state index is -1.03. The molecule has 0 aliphatic carbocycles. The van der Waals surface area contributed by atoms with Crippen molar-refractivity contribution in [3.05, 3.63) is 59.4 Å². The van der Waals surface area contributed by atoms with E-state index >= 15 is 0 Å². The van der Waals surface area contributed by atoms with Gasteiger partial charge >= 0.3 is 6.09 Å². The Hall–Kier alpha value is -2.69. The van der Waals surface area contributed by atoms with Gasteiger partial charge in [-0.2, -0.15) is 0 Å². The Morgan fingerprint density at radius 1 is 1.18 bits per heavy atom. The molecule has 0 saturated carbocycles. The molecule has 1 amide bonds. The molecule has 1 aliphatic rings. The molecule has 22 heavy (non-hydrogen) atoms. The third-order valence-electron chi connectivity index (χ3n) is 3.88. The number of ketones is 1. The molecule has 0 radical (unpaired) electrons. The molecular weight excluding hydrogens is 280 g/mol. The second-order valence-corrected chi connectivity index (χ2v) is 6.04. The van der Waals surface area contributed by atoms with Crippen molar-refractivity contribution >= 4 is 17.6 Å². The number of anilines is 1.